The van der Waals surface area contributed by atoms with Gasteiger partial charge in [0.1, 0.15) is 0 Å². The molecule has 162 valence electrons. The van der Waals surface area contributed by atoms with Crippen LogP contribution in [0.1, 0.15) is 46.7 Å². The molecule has 0 amide bonds. The number of nitrogens with zero attached hydrogens (tertiary/aromatic N) is 4. The maximum Gasteiger partial charge on any atom is 0.170 e. The number of ether oxygens (including phenoxy) is 1. The lowest BCUT2D eigenvalue weighted by atomic mass is 9.96. The Hall–Kier alpha value is -2.77. The van der Waals surface area contributed by atoms with Gasteiger partial charge in [0.25, 0.3) is 0 Å². The van der Waals surface area contributed by atoms with Crippen molar-refractivity contribution < 1.29 is 4.74 Å². The van der Waals surface area contributed by atoms with E-state index in [1.165, 1.54) is 22.5 Å². The van der Waals surface area contributed by atoms with Gasteiger partial charge in [0.15, 0.2) is 5.11 Å². The van der Waals surface area contributed by atoms with E-state index in [0.717, 1.165) is 30.3 Å². The smallest absolute Gasteiger partial charge is 0.170 e. The number of thiocarbonyl (C=S) groups is 1. The van der Waals surface area contributed by atoms with Crippen LogP contribution in [0.25, 0.3) is 0 Å². The van der Waals surface area contributed by atoms with E-state index in [0.29, 0.717) is 6.61 Å². The fourth-order valence-corrected chi connectivity index (χ4v) is 4.74. The zero-order chi connectivity index (χ0) is 21.8. The molecule has 0 aliphatic carbocycles. The van der Waals surface area contributed by atoms with E-state index in [1.54, 1.807) is 7.11 Å². The molecule has 1 aliphatic heterocycles. The molecule has 0 spiro atoms. The summed E-state index contributed by atoms with van der Waals surface area (Å²) in [7, 11) is 1.74. The lowest BCUT2D eigenvalue weighted by Crippen LogP contribution is -2.31. The van der Waals surface area contributed by atoms with Crippen LogP contribution in [0.15, 0.2) is 55.0 Å². The topological polar surface area (TPSA) is 55.2 Å². The highest BCUT2D eigenvalue weighted by Crippen LogP contribution is 2.40. The molecule has 0 aromatic carbocycles. The molecule has 1 saturated heterocycles. The van der Waals surface area contributed by atoms with Crippen molar-refractivity contribution >= 4 is 17.3 Å². The largest absolute Gasteiger partial charge is 0.385 e. The number of aromatic nitrogens is 3. The van der Waals surface area contributed by atoms with Gasteiger partial charge in [-0.3, -0.25) is 9.97 Å². The van der Waals surface area contributed by atoms with Crippen molar-refractivity contribution in [2.45, 2.75) is 38.9 Å². The number of hydrogen-bond acceptors (Lipinski definition) is 4. The monoisotopic (exact) mass is 435 g/mol. The lowest BCUT2D eigenvalue weighted by molar-refractivity contribution is 0.180. The summed E-state index contributed by atoms with van der Waals surface area (Å²) >= 11 is 5.76. The third-order valence-electron chi connectivity index (χ3n) is 5.94. The first-order chi connectivity index (χ1) is 15.1. The highest BCUT2D eigenvalue weighted by atomic mass is 32.1. The molecule has 0 bridgehead atoms. The lowest BCUT2D eigenvalue weighted by Gasteiger charge is -2.28. The van der Waals surface area contributed by atoms with Crippen LogP contribution >= 0.6 is 12.2 Å². The first kappa shape index (κ1) is 21.5. The third-order valence-corrected chi connectivity index (χ3v) is 6.29. The van der Waals surface area contributed by atoms with Crippen LogP contribution in [0.2, 0.25) is 0 Å². The normalized spacial score (nSPS) is 18.4. The highest BCUT2D eigenvalue weighted by Gasteiger charge is 2.41. The van der Waals surface area contributed by atoms with Crippen molar-refractivity contribution in [2.75, 3.05) is 20.3 Å². The molecule has 6 nitrogen and oxygen atoms in total. The van der Waals surface area contributed by atoms with Crippen LogP contribution in [-0.2, 0) is 11.3 Å². The maximum absolute atomic E-state index is 5.76. The van der Waals surface area contributed by atoms with E-state index in [9.17, 15) is 0 Å². The summed E-state index contributed by atoms with van der Waals surface area (Å²) in [4.78, 5) is 11.2. The molecule has 0 unspecified atom stereocenters. The fraction of sp³-hybridized carbons (Fsp3) is 0.375. The number of rotatable bonds is 8. The number of pyridine rings is 2. The Morgan fingerprint density at radius 3 is 2.74 bits per heavy atom. The van der Waals surface area contributed by atoms with Crippen molar-refractivity contribution in [3.05, 3.63) is 83.2 Å². The quantitative estimate of drug-likeness (QED) is 0.427. The molecule has 3 aromatic rings. The van der Waals surface area contributed by atoms with Crippen molar-refractivity contribution in [1.82, 2.24) is 24.8 Å². The van der Waals surface area contributed by atoms with Crippen LogP contribution in [0.5, 0.6) is 0 Å². The van der Waals surface area contributed by atoms with Gasteiger partial charge in [0.05, 0.1) is 17.8 Å². The van der Waals surface area contributed by atoms with E-state index in [-0.39, 0.29) is 12.1 Å². The first-order valence-corrected chi connectivity index (χ1v) is 11.0. The molecule has 4 rings (SSSR count). The van der Waals surface area contributed by atoms with Crippen molar-refractivity contribution in [1.29, 1.82) is 0 Å². The van der Waals surface area contributed by atoms with E-state index >= 15 is 0 Å². The number of aryl methyl sites for hydroxylation is 1. The number of nitrogens with one attached hydrogen (secondary N) is 1. The van der Waals surface area contributed by atoms with Gasteiger partial charge < -0.3 is 19.5 Å². The Bertz CT molecular complexity index is 1020. The fourth-order valence-electron chi connectivity index (χ4n) is 4.41. The van der Waals surface area contributed by atoms with Crippen LogP contribution < -0.4 is 5.32 Å². The molecule has 0 radical (unpaired) electrons. The Labute approximate surface area is 189 Å². The molecule has 4 heterocycles. The molecular formula is C24H29N5OS. The summed E-state index contributed by atoms with van der Waals surface area (Å²) in [5.41, 5.74) is 5.94. The van der Waals surface area contributed by atoms with E-state index in [2.05, 4.69) is 56.8 Å². The van der Waals surface area contributed by atoms with Crippen molar-refractivity contribution in [3.8, 4) is 0 Å². The van der Waals surface area contributed by atoms with Crippen LogP contribution in [0.4, 0.5) is 0 Å². The van der Waals surface area contributed by atoms with Gasteiger partial charge in [-0.2, -0.15) is 0 Å². The van der Waals surface area contributed by atoms with E-state index < -0.39 is 0 Å². The maximum atomic E-state index is 5.76. The van der Waals surface area contributed by atoms with Gasteiger partial charge in [-0.1, -0.05) is 12.1 Å². The minimum absolute atomic E-state index is 0.00332. The van der Waals surface area contributed by atoms with Crippen LogP contribution in [0.3, 0.4) is 0 Å². The second-order valence-electron chi connectivity index (χ2n) is 7.94. The Morgan fingerprint density at radius 2 is 2.03 bits per heavy atom. The Balaban J connectivity index is 1.72. The minimum Gasteiger partial charge on any atom is -0.385 e. The van der Waals surface area contributed by atoms with Crippen molar-refractivity contribution in [3.63, 3.8) is 0 Å². The zero-order valence-electron chi connectivity index (χ0n) is 18.3. The zero-order valence-corrected chi connectivity index (χ0v) is 19.1. The molecular weight excluding hydrogens is 406 g/mol. The first-order valence-electron chi connectivity index (χ1n) is 10.6. The molecule has 3 aromatic heterocycles. The molecule has 7 heteroatoms. The van der Waals surface area contributed by atoms with Gasteiger partial charge in [-0.05, 0) is 67.9 Å². The summed E-state index contributed by atoms with van der Waals surface area (Å²) in [6.07, 6.45) is 6.50. The van der Waals surface area contributed by atoms with Crippen LogP contribution in [0, 0.1) is 13.8 Å². The highest BCUT2D eigenvalue weighted by molar-refractivity contribution is 7.80. The van der Waals surface area contributed by atoms with Gasteiger partial charge in [0.2, 0.25) is 0 Å². The molecule has 1 N–H and O–H groups in total. The van der Waals surface area contributed by atoms with E-state index in [4.69, 9.17) is 17.0 Å². The predicted molar refractivity (Wildman–Crippen MR) is 126 cm³/mol. The van der Waals surface area contributed by atoms with Gasteiger partial charge in [-0.15, -0.1) is 0 Å². The van der Waals surface area contributed by atoms with Crippen molar-refractivity contribution in [2.24, 2.45) is 0 Å². The summed E-state index contributed by atoms with van der Waals surface area (Å²) in [6, 6.07) is 12.5. The SMILES string of the molecule is COCCCN1C(=S)N[C@@H](c2ccccn2)[C@H]1c1cc(C)n(Cc2cccnc2)c1C. The Kier molecular flexibility index (Phi) is 6.63. The van der Waals surface area contributed by atoms with Gasteiger partial charge in [-0.25, -0.2) is 0 Å². The predicted octanol–water partition coefficient (Wildman–Crippen LogP) is 3.95. The summed E-state index contributed by atoms with van der Waals surface area (Å²) in [5, 5.41) is 4.31. The number of hydrogen-bond donors (Lipinski definition) is 1. The second-order valence-corrected chi connectivity index (χ2v) is 8.33. The average Bonchev–Trinajstić information content (AvgIpc) is 3.26. The van der Waals surface area contributed by atoms with Gasteiger partial charge in [0, 0.05) is 56.8 Å². The average molecular weight is 436 g/mol. The van der Waals surface area contributed by atoms with Gasteiger partial charge >= 0.3 is 0 Å². The van der Waals surface area contributed by atoms with E-state index in [1.807, 2.05) is 36.8 Å². The molecule has 1 aliphatic rings. The standard InChI is InChI=1S/C24H29N5OS/c1-17-14-20(18(2)29(17)16-19-8-6-10-25-15-19)23-22(21-9-4-5-11-26-21)27-24(31)28(23)12-7-13-30-3/h4-6,8-11,14-15,22-23H,7,12-13,16H2,1-3H3,(H,27,31)/t22-,23+/m0/s1. The second kappa shape index (κ2) is 9.58. The molecule has 0 saturated carbocycles. The number of methoxy groups -OCH3 is 1. The summed E-state index contributed by atoms with van der Waals surface area (Å²) in [5.74, 6) is 0. The molecule has 1 fully saturated rings. The minimum atomic E-state index is 0.00332. The molecule has 31 heavy (non-hydrogen) atoms. The summed E-state index contributed by atoms with van der Waals surface area (Å²) in [6.45, 7) is 6.70. The Morgan fingerprint density at radius 1 is 1.16 bits per heavy atom. The molecule has 2 atom stereocenters. The third kappa shape index (κ3) is 4.48. The summed E-state index contributed by atoms with van der Waals surface area (Å²) < 4.78 is 7.65. The van der Waals surface area contributed by atoms with Crippen LogP contribution in [-0.4, -0.2) is 44.8 Å².